The van der Waals surface area contributed by atoms with E-state index in [1.165, 1.54) is 14.0 Å². The first-order valence-electron chi connectivity index (χ1n) is 9.78. The number of rotatable bonds is 11. The molecule has 0 unspecified atom stereocenters. The Morgan fingerprint density at radius 2 is 1.50 bits per heavy atom. The van der Waals surface area contributed by atoms with E-state index in [1.54, 1.807) is 24.3 Å². The highest BCUT2D eigenvalue weighted by Gasteiger charge is 2.29. The van der Waals surface area contributed by atoms with Crippen molar-refractivity contribution in [2.24, 2.45) is 5.92 Å². The SMILES string of the molecule is COC(=O)[C@H](Cc1ccccc1)NC(=O)[C@H](CO)NC(=O)[C@H](CC(C)C)NC(C)=O. The van der Waals surface area contributed by atoms with Gasteiger partial charge in [-0.15, -0.1) is 0 Å². The minimum Gasteiger partial charge on any atom is -0.467 e. The fourth-order valence-corrected chi connectivity index (χ4v) is 2.87. The molecule has 0 saturated heterocycles. The Labute approximate surface area is 176 Å². The maximum atomic E-state index is 12.6. The van der Waals surface area contributed by atoms with Crippen molar-refractivity contribution in [2.75, 3.05) is 13.7 Å². The standard InChI is InChI=1S/C21H31N3O6/c1-13(2)10-16(22-14(3)26)19(27)24-18(12-25)20(28)23-17(21(29)30-4)11-15-8-6-5-7-9-15/h5-9,13,16-18,25H,10-12H2,1-4H3,(H,22,26)(H,23,28)(H,24,27)/t16-,17-,18-/m0/s1. The monoisotopic (exact) mass is 421 g/mol. The van der Waals surface area contributed by atoms with Crippen LogP contribution in [0.4, 0.5) is 0 Å². The summed E-state index contributed by atoms with van der Waals surface area (Å²) in [5, 5.41) is 17.1. The Morgan fingerprint density at radius 1 is 0.933 bits per heavy atom. The van der Waals surface area contributed by atoms with Crippen molar-refractivity contribution in [3.05, 3.63) is 35.9 Å². The van der Waals surface area contributed by atoms with Crippen molar-refractivity contribution in [2.45, 2.75) is 51.7 Å². The molecule has 9 nitrogen and oxygen atoms in total. The summed E-state index contributed by atoms with van der Waals surface area (Å²) in [5.74, 6) is -2.24. The number of carbonyl (C=O) groups excluding carboxylic acids is 4. The summed E-state index contributed by atoms with van der Waals surface area (Å²) in [4.78, 5) is 48.6. The summed E-state index contributed by atoms with van der Waals surface area (Å²) in [6, 6.07) is 5.92. The molecule has 0 bridgehead atoms. The molecule has 1 aromatic rings. The highest BCUT2D eigenvalue weighted by molar-refractivity contribution is 5.93. The molecule has 0 spiro atoms. The topological polar surface area (TPSA) is 134 Å². The predicted molar refractivity (Wildman–Crippen MR) is 110 cm³/mol. The Morgan fingerprint density at radius 3 is 2.00 bits per heavy atom. The van der Waals surface area contributed by atoms with Gasteiger partial charge in [-0.2, -0.15) is 0 Å². The summed E-state index contributed by atoms with van der Waals surface area (Å²) in [7, 11) is 1.21. The molecule has 166 valence electrons. The van der Waals surface area contributed by atoms with Crippen LogP contribution in [0.1, 0.15) is 32.8 Å². The van der Waals surface area contributed by atoms with Gasteiger partial charge in [0.25, 0.3) is 0 Å². The largest absolute Gasteiger partial charge is 0.467 e. The van der Waals surface area contributed by atoms with Gasteiger partial charge in [-0.05, 0) is 17.9 Å². The second-order valence-electron chi connectivity index (χ2n) is 7.40. The zero-order valence-electron chi connectivity index (χ0n) is 17.8. The molecule has 0 heterocycles. The Balaban J connectivity index is 2.85. The van der Waals surface area contributed by atoms with Crippen LogP contribution in [0.2, 0.25) is 0 Å². The molecule has 0 fully saturated rings. The van der Waals surface area contributed by atoms with E-state index in [0.717, 1.165) is 5.56 Å². The second kappa shape index (κ2) is 12.6. The van der Waals surface area contributed by atoms with E-state index in [4.69, 9.17) is 4.74 Å². The number of hydrogen-bond donors (Lipinski definition) is 4. The number of amides is 3. The minimum absolute atomic E-state index is 0.114. The predicted octanol–water partition coefficient (Wildman–Crippen LogP) is -0.0852. The van der Waals surface area contributed by atoms with Crippen LogP contribution in [0.15, 0.2) is 30.3 Å². The zero-order valence-corrected chi connectivity index (χ0v) is 17.8. The number of aliphatic hydroxyl groups is 1. The molecule has 0 aliphatic carbocycles. The third kappa shape index (κ3) is 8.60. The van der Waals surface area contributed by atoms with Crippen LogP contribution in [-0.2, 0) is 30.3 Å². The summed E-state index contributed by atoms with van der Waals surface area (Å²) >= 11 is 0. The van der Waals surface area contributed by atoms with Crippen LogP contribution in [-0.4, -0.2) is 60.6 Å². The van der Waals surface area contributed by atoms with Gasteiger partial charge in [-0.25, -0.2) is 4.79 Å². The number of carbonyl (C=O) groups is 4. The van der Waals surface area contributed by atoms with Crippen molar-refractivity contribution >= 4 is 23.7 Å². The van der Waals surface area contributed by atoms with Gasteiger partial charge >= 0.3 is 5.97 Å². The van der Waals surface area contributed by atoms with Gasteiger partial charge in [0.2, 0.25) is 17.7 Å². The number of methoxy groups -OCH3 is 1. The van der Waals surface area contributed by atoms with Crippen molar-refractivity contribution < 1.29 is 29.0 Å². The van der Waals surface area contributed by atoms with Crippen molar-refractivity contribution in [3.8, 4) is 0 Å². The minimum atomic E-state index is -1.29. The van der Waals surface area contributed by atoms with Crippen molar-refractivity contribution in [1.82, 2.24) is 16.0 Å². The van der Waals surface area contributed by atoms with Gasteiger partial charge in [0.1, 0.15) is 18.1 Å². The van der Waals surface area contributed by atoms with Crippen molar-refractivity contribution in [1.29, 1.82) is 0 Å². The molecule has 1 aromatic carbocycles. The molecular weight excluding hydrogens is 390 g/mol. The number of esters is 1. The molecular formula is C21H31N3O6. The number of benzene rings is 1. The summed E-state index contributed by atoms with van der Waals surface area (Å²) in [5.41, 5.74) is 0.806. The molecule has 4 N–H and O–H groups in total. The lowest BCUT2D eigenvalue weighted by Gasteiger charge is -2.24. The summed E-state index contributed by atoms with van der Waals surface area (Å²) < 4.78 is 4.75. The van der Waals surface area contributed by atoms with E-state index >= 15 is 0 Å². The molecule has 9 heteroatoms. The first kappa shape index (κ1) is 25.1. The summed E-state index contributed by atoms with van der Waals surface area (Å²) in [6.07, 6.45) is 0.553. The molecule has 1 rings (SSSR count). The molecule has 0 radical (unpaired) electrons. The Hall–Kier alpha value is -2.94. The fourth-order valence-electron chi connectivity index (χ4n) is 2.87. The van der Waals surface area contributed by atoms with E-state index in [9.17, 15) is 24.3 Å². The van der Waals surface area contributed by atoms with Gasteiger partial charge in [0.15, 0.2) is 0 Å². The third-order valence-electron chi connectivity index (χ3n) is 4.30. The summed E-state index contributed by atoms with van der Waals surface area (Å²) in [6.45, 7) is 4.40. The van der Waals surface area contributed by atoms with Crippen LogP contribution in [0.3, 0.4) is 0 Å². The molecule has 0 aliphatic heterocycles. The highest BCUT2D eigenvalue weighted by atomic mass is 16.5. The number of ether oxygens (including phenoxy) is 1. The maximum absolute atomic E-state index is 12.6. The third-order valence-corrected chi connectivity index (χ3v) is 4.30. The van der Waals surface area contributed by atoms with Crippen LogP contribution < -0.4 is 16.0 Å². The van der Waals surface area contributed by atoms with Crippen LogP contribution in [0, 0.1) is 5.92 Å². The first-order chi connectivity index (χ1) is 14.2. The molecule has 30 heavy (non-hydrogen) atoms. The van der Waals surface area contributed by atoms with E-state index in [0.29, 0.717) is 6.42 Å². The molecule has 0 saturated carbocycles. The highest BCUT2D eigenvalue weighted by Crippen LogP contribution is 2.07. The smallest absolute Gasteiger partial charge is 0.328 e. The van der Waals surface area contributed by atoms with Gasteiger partial charge in [0.05, 0.1) is 13.7 Å². The lowest BCUT2D eigenvalue weighted by Crippen LogP contribution is -2.57. The molecule has 0 aliphatic rings. The second-order valence-corrected chi connectivity index (χ2v) is 7.40. The van der Waals surface area contributed by atoms with Gasteiger partial charge in [0, 0.05) is 13.3 Å². The van der Waals surface area contributed by atoms with Gasteiger partial charge < -0.3 is 25.8 Å². The van der Waals surface area contributed by atoms with Gasteiger partial charge in [-0.3, -0.25) is 14.4 Å². The van der Waals surface area contributed by atoms with E-state index in [1.807, 2.05) is 19.9 Å². The number of aliphatic hydroxyl groups excluding tert-OH is 1. The lowest BCUT2D eigenvalue weighted by molar-refractivity contribution is -0.145. The van der Waals surface area contributed by atoms with E-state index in [2.05, 4.69) is 16.0 Å². The average Bonchev–Trinajstić information content (AvgIpc) is 2.70. The van der Waals surface area contributed by atoms with Crippen molar-refractivity contribution in [3.63, 3.8) is 0 Å². The Bertz CT molecular complexity index is 723. The zero-order chi connectivity index (χ0) is 22.7. The maximum Gasteiger partial charge on any atom is 0.328 e. The normalized spacial score (nSPS) is 13.7. The van der Waals surface area contributed by atoms with Crippen LogP contribution in [0.25, 0.3) is 0 Å². The first-order valence-corrected chi connectivity index (χ1v) is 9.78. The molecule has 3 atom stereocenters. The molecule has 0 aromatic heterocycles. The quantitative estimate of drug-likeness (QED) is 0.369. The van der Waals surface area contributed by atoms with E-state index in [-0.39, 0.29) is 18.2 Å². The fraction of sp³-hybridized carbons (Fsp3) is 0.524. The molecule has 3 amide bonds. The van der Waals surface area contributed by atoms with Crippen LogP contribution >= 0.6 is 0 Å². The number of nitrogens with one attached hydrogen (secondary N) is 3. The van der Waals surface area contributed by atoms with Gasteiger partial charge in [-0.1, -0.05) is 44.2 Å². The number of hydrogen-bond acceptors (Lipinski definition) is 6. The Kier molecular flexibility index (Phi) is 10.5. The van der Waals surface area contributed by atoms with Crippen LogP contribution in [0.5, 0.6) is 0 Å². The van der Waals surface area contributed by atoms with E-state index < -0.39 is 42.5 Å². The average molecular weight is 421 g/mol. The lowest BCUT2D eigenvalue weighted by atomic mass is 10.0.